The number of hydrogen-bond acceptors (Lipinski definition) is 3. The minimum absolute atomic E-state index is 0. The molecule has 1 N–H and O–H groups in total. The van der Waals surface area contributed by atoms with Gasteiger partial charge in [0.15, 0.2) is 0 Å². The highest BCUT2D eigenvalue weighted by molar-refractivity contribution is 7.89. The molecule has 5 nitrogen and oxygen atoms in total. The zero-order valence-corrected chi connectivity index (χ0v) is 19.7. The van der Waals surface area contributed by atoms with Crippen molar-refractivity contribution in [3.8, 4) is 0 Å². The van der Waals surface area contributed by atoms with Crippen molar-refractivity contribution in [2.75, 3.05) is 27.2 Å². The van der Waals surface area contributed by atoms with E-state index < -0.39 is 15.2 Å². The van der Waals surface area contributed by atoms with Gasteiger partial charge in [-0.3, -0.25) is 0 Å². The summed E-state index contributed by atoms with van der Waals surface area (Å²) in [4.78, 5) is 5.61. The Labute approximate surface area is 273 Å². The molecule has 0 aliphatic rings. The number of fused-ring (bicyclic) bond motifs is 1. The van der Waals surface area contributed by atoms with Gasteiger partial charge in [-0.2, -0.15) is 0 Å². The molecule has 6 heteroatoms. The molecule has 0 spiro atoms. The number of nitrogens with one attached hydrogen (secondary N) is 1. The van der Waals surface area contributed by atoms with E-state index in [-0.39, 0.29) is 84.2 Å². The maximum absolute atomic E-state index is 13.2. The Morgan fingerprint density at radius 1 is 1.32 bits per heavy atom. The van der Waals surface area contributed by atoms with E-state index in [1.165, 1.54) is 11.2 Å². The maximum Gasteiger partial charge on any atom is 0.220 e. The van der Waals surface area contributed by atoms with Crippen molar-refractivity contribution < 1.29 is 106 Å². The second kappa shape index (κ2) is 8.17. The van der Waals surface area contributed by atoms with E-state index in [0.29, 0.717) is 5.56 Å². The Hall–Kier alpha value is -1.37. The summed E-state index contributed by atoms with van der Waals surface area (Å²) in [5, 5.41) is -0.788. The number of nitrogens with zero attached hydrogens (tertiary/aromatic N) is 2. The van der Waals surface area contributed by atoms with Crippen LogP contribution in [-0.4, -0.2) is 55.8 Å². The van der Waals surface area contributed by atoms with Gasteiger partial charge in [0, 0.05) is 139 Å². The fourth-order valence-corrected chi connectivity index (χ4v) is 5.21. The molecule has 0 aliphatic heterocycles. The van der Waals surface area contributed by atoms with E-state index in [0.717, 1.165) is 35.1 Å². The van der Waals surface area contributed by atoms with Crippen molar-refractivity contribution in [1.29, 1.82) is 0 Å². The number of aromatic amines is 1. The first-order chi connectivity index (χ1) is 21.2. The van der Waals surface area contributed by atoms with Gasteiger partial charge in [0.1, 0.15) is 0 Å². The van der Waals surface area contributed by atoms with E-state index in [2.05, 4.69) is 37.7 Å². The van der Waals surface area contributed by atoms with E-state index in [1.807, 2.05) is 39.1 Å². The van der Waals surface area contributed by atoms with Gasteiger partial charge < -0.3 is 9.88 Å². The Morgan fingerprint density at radius 3 is 2.46 bits per heavy atom. The van der Waals surface area contributed by atoms with Gasteiger partial charge in [0.2, 0.25) is 10.0 Å². The standard InChI is InChI=1S/C22H37N3O2S.59H2/c1-10-24(8)14-22(6,7)20-13-23-21-11-16(4)18(12-19(20)21)17(5)28(26,27)25(9)15(2)3;;;;;;;;;;;;;;;;;;;;;;;;;;;;;;;;;;;;;;;;;;;;;;;;;;;;;;;;;;;/h11-13,15,17,23H,10,14H2,1-9H3;59*1H/i17D;8*1+1D;;;;;;;;;;;;;;;;;;;;;;;;;;;;;;;;;;;;;;;;;;;;;;;;;;;. The molecule has 0 radical (unpaired) electrons. The van der Waals surface area contributed by atoms with Gasteiger partial charge in [-0.05, 0) is 70.1 Å². The second-order valence-electron chi connectivity index (χ2n) is 8.80. The van der Waals surface area contributed by atoms with Crippen LogP contribution in [0.25, 0.3) is 10.9 Å². The molecule has 1 unspecified atom stereocenters. The number of sulfonamides is 1. The number of aromatic nitrogens is 1. The maximum atomic E-state index is 13.2. The third-order valence-corrected chi connectivity index (χ3v) is 8.01. The molecule has 0 fully saturated rings. The quantitative estimate of drug-likeness (QED) is 0.360. The van der Waals surface area contributed by atoms with Gasteiger partial charge in [0.25, 0.3) is 0 Å². The van der Waals surface area contributed by atoms with Crippen LogP contribution in [0.2, 0.25) is 0 Å². The van der Waals surface area contributed by atoms with Crippen LogP contribution in [0.15, 0.2) is 18.3 Å². The van der Waals surface area contributed by atoms with Crippen LogP contribution in [0.5, 0.6) is 0 Å². The molecule has 1 aromatic carbocycles. The van der Waals surface area contributed by atoms with E-state index in [9.17, 15) is 8.42 Å². The smallest absolute Gasteiger partial charge is 0.220 e. The monoisotopic (exact) mass is 543 g/mol. The molecule has 28 heavy (non-hydrogen) atoms. The van der Waals surface area contributed by atoms with Crippen LogP contribution < -0.4 is 0 Å². The molecule has 1 heterocycles. The van der Waals surface area contributed by atoms with Crippen molar-refractivity contribution in [3.05, 3.63) is 35.0 Å². The van der Waals surface area contributed by atoms with Crippen LogP contribution in [0.3, 0.4) is 0 Å². The Balaban J connectivity index is -0.00000000362. The second-order valence-corrected chi connectivity index (χ2v) is 10.9. The minimum atomic E-state index is -3.85. The predicted molar refractivity (Wildman–Crippen MR) is 244 cm³/mol. The molecule has 2 rings (SSSR count). The van der Waals surface area contributed by atoms with Crippen molar-refractivity contribution >= 4 is 20.9 Å². The van der Waals surface area contributed by atoms with Crippen LogP contribution in [0.1, 0.15) is 161 Å². The Kier molecular flexibility index (Phi) is 3.80. The van der Waals surface area contributed by atoms with E-state index in [1.54, 1.807) is 7.05 Å². The van der Waals surface area contributed by atoms with Gasteiger partial charge in [-0.1, -0.05) is 20.8 Å². The summed E-state index contributed by atoms with van der Waals surface area (Å²) in [6.45, 7) is 15.4. The largest absolute Gasteiger partial charge is 0.361 e. The molecule has 0 amide bonds. The fraction of sp³-hybridized carbons (Fsp3) is 0.636. The summed E-state index contributed by atoms with van der Waals surface area (Å²) >= 11 is 0. The van der Waals surface area contributed by atoms with E-state index in [4.69, 9.17) is 25.1 Å². The number of H-pyrrole nitrogens is 1. The average molecular weight is 544 g/mol. The highest BCUT2D eigenvalue weighted by Gasteiger charge is 2.31. The molecule has 0 saturated carbocycles. The van der Waals surface area contributed by atoms with Crippen LogP contribution in [0.4, 0.5) is 0 Å². The zero-order chi connectivity index (χ0) is 38.4. The van der Waals surface area contributed by atoms with Crippen molar-refractivity contribution in [2.45, 2.75) is 65.1 Å². The lowest BCUT2D eigenvalue weighted by molar-refractivity contribution is 0.281. The SMILES string of the molecule is [2H]C(C)(c1cc2c(C(C)(C)CN(C)CC)c[nH]c2cc1C)S(=O)(=O)N(C)C(C)C.[2H][2H].[2H][2H].[2H][2H].[2H][2H].[2H][2H].[2H][2H].[2H][2H].[2H][2H].[HH].[HH].[HH].[HH].[HH].[HH].[HH].[HH].[HH].[HH].[HH].[HH].[HH].[HH].[HH].[HH].[HH].[HH].[HH].[HH].[HH].[HH].[HH].[HH].[HH].[HH].[HH].[HH].[HH].[HH].[HH].[HH].[HH].[HH].[HH].[HH].[HH].[HH].[HH].[HH].[HH].[HH].[HH].[HH].[HH].[HH].[HH].[HH].[HH].[HH].[HH]. The summed E-state index contributed by atoms with van der Waals surface area (Å²) in [6, 6.07) is 3.66. The first-order valence-corrected chi connectivity index (χ1v) is 11.4. The summed E-state index contributed by atoms with van der Waals surface area (Å²) in [6.07, 6.45) is 2.02. The van der Waals surface area contributed by atoms with Crippen molar-refractivity contribution in [1.82, 2.24) is 14.2 Å². The lowest BCUT2D eigenvalue weighted by Gasteiger charge is -2.30. The van der Waals surface area contributed by atoms with Gasteiger partial charge in [0.05, 0.1) is 6.60 Å². The van der Waals surface area contributed by atoms with Crippen LogP contribution in [0, 0.1) is 6.92 Å². The Morgan fingerprint density at radius 2 is 1.93 bits per heavy atom. The Bertz CT molecular complexity index is 1050. The van der Waals surface area contributed by atoms with Crippen molar-refractivity contribution in [3.63, 3.8) is 0 Å². The van der Waals surface area contributed by atoms with Gasteiger partial charge in [-0.25, -0.2) is 12.7 Å². The van der Waals surface area contributed by atoms with E-state index >= 15 is 0 Å². The first-order valence-electron chi connectivity index (χ1n) is 18.5. The number of rotatable bonds is 8. The molecular weight excluding hydrogens is 370 g/mol. The number of likely N-dealkylation sites (N-methyl/N-ethyl adjacent to an activating group) is 1. The van der Waals surface area contributed by atoms with Crippen LogP contribution in [-0.2, 0) is 15.4 Å². The lowest BCUT2D eigenvalue weighted by atomic mass is 9.83. The molecule has 1 aromatic heterocycles. The minimum Gasteiger partial charge on any atom is -0.361 e. The summed E-state index contributed by atoms with van der Waals surface area (Å²) in [7, 11) is -0.208. The third-order valence-electron chi connectivity index (χ3n) is 5.83. The molecule has 0 saturated heterocycles. The first kappa shape index (κ1) is 13.0. The van der Waals surface area contributed by atoms with Crippen LogP contribution >= 0.6 is 0 Å². The average Bonchev–Trinajstić information content (AvgIpc) is 3.51. The predicted octanol–water partition coefficient (Wildman–Crippen LogP) is 19.0. The highest BCUT2D eigenvalue weighted by Crippen LogP contribution is 2.36. The topological polar surface area (TPSA) is 56.4 Å². The summed E-state index contributed by atoms with van der Waals surface area (Å²) < 4.78 is 117. The van der Waals surface area contributed by atoms with Gasteiger partial charge in [-0.15, -0.1) is 0 Å². The molecule has 276 valence electrons. The number of hydrogen-bond donors (Lipinski definition) is 1. The van der Waals surface area contributed by atoms with Gasteiger partial charge >= 0.3 is 0 Å². The normalized spacial score (nSPS) is 18.5. The molecule has 0 aliphatic carbocycles. The molecule has 0 bridgehead atoms. The third kappa shape index (κ3) is 4.29. The molecule has 2 aromatic rings. The lowest BCUT2D eigenvalue weighted by Crippen LogP contribution is -2.36. The summed E-state index contributed by atoms with van der Waals surface area (Å²) in [5.41, 5.74) is 3.31. The fourth-order valence-electron chi connectivity index (χ4n) is 3.72. The van der Waals surface area contributed by atoms with Crippen molar-refractivity contribution in [2.24, 2.45) is 0 Å². The number of benzene rings is 1. The molecule has 1 atom stereocenters. The highest BCUT2D eigenvalue weighted by atomic mass is 32.2. The zero-order valence-electron chi connectivity index (χ0n) is 35.8. The summed E-state index contributed by atoms with van der Waals surface area (Å²) in [5.74, 6) is 0. The number of aryl methyl sites for hydroxylation is 1. The molecular formula is C22H155N3O2S.